The molecule has 3 heterocycles. The smallest absolute Gasteiger partial charge is 0.247 e. The lowest BCUT2D eigenvalue weighted by Crippen LogP contribution is -2.44. The van der Waals surface area contributed by atoms with Crippen molar-refractivity contribution in [3.05, 3.63) is 91.5 Å². The molecule has 10 nitrogen and oxygen atoms in total. The van der Waals surface area contributed by atoms with Gasteiger partial charge in [0.25, 0.3) is 0 Å². The van der Waals surface area contributed by atoms with Crippen LogP contribution in [0.25, 0.3) is 11.3 Å². The zero-order chi connectivity index (χ0) is 30.3. The number of hydrogen-bond acceptors (Lipinski definition) is 9. The Morgan fingerprint density at radius 1 is 0.773 bits per heavy atom. The van der Waals surface area contributed by atoms with Gasteiger partial charge in [0.05, 0.1) is 18.9 Å². The third-order valence-electron chi connectivity index (χ3n) is 7.82. The summed E-state index contributed by atoms with van der Waals surface area (Å²) in [6.45, 7) is 10.9. The molecule has 44 heavy (non-hydrogen) atoms. The number of rotatable bonds is 9. The summed E-state index contributed by atoms with van der Waals surface area (Å²) in [6.07, 6.45) is 1.25. The molecule has 2 aliphatic heterocycles. The lowest BCUT2D eigenvalue weighted by Gasteiger charge is -2.34. The fourth-order valence-corrected chi connectivity index (χ4v) is 5.36. The molecule has 0 saturated carbocycles. The van der Waals surface area contributed by atoms with E-state index < -0.39 is 0 Å². The minimum absolute atomic E-state index is 0.268. The predicted molar refractivity (Wildman–Crippen MR) is 178 cm³/mol. The monoisotopic (exact) mass is 590 g/mol. The summed E-state index contributed by atoms with van der Waals surface area (Å²) in [4.78, 5) is 28.7. The first-order valence-electron chi connectivity index (χ1n) is 15.0. The first-order chi connectivity index (χ1) is 21.5. The Morgan fingerprint density at radius 2 is 1.50 bits per heavy atom. The molecule has 0 radical (unpaired) electrons. The van der Waals surface area contributed by atoms with E-state index in [9.17, 15) is 4.79 Å². The Labute approximate surface area is 258 Å². The summed E-state index contributed by atoms with van der Waals surface area (Å²) in [6, 6.07) is 26.2. The van der Waals surface area contributed by atoms with Gasteiger partial charge in [-0.25, -0.2) is 4.98 Å². The molecular weight excluding hydrogens is 552 g/mol. The van der Waals surface area contributed by atoms with Crippen LogP contribution in [0.1, 0.15) is 0 Å². The summed E-state index contributed by atoms with van der Waals surface area (Å²) in [5, 5.41) is 9.73. The van der Waals surface area contributed by atoms with E-state index >= 15 is 0 Å². The van der Waals surface area contributed by atoms with Gasteiger partial charge in [0.2, 0.25) is 11.9 Å². The second kappa shape index (κ2) is 13.6. The van der Waals surface area contributed by atoms with Crippen molar-refractivity contribution in [1.29, 1.82) is 0 Å². The number of piperazine rings is 1. The van der Waals surface area contributed by atoms with Crippen molar-refractivity contribution in [1.82, 2.24) is 14.9 Å². The zero-order valence-electron chi connectivity index (χ0n) is 25.0. The number of carbonyl (C=O) groups excluding carboxylic acids is 1. The molecule has 0 spiro atoms. The fraction of sp³-hybridized carbons (Fsp3) is 0.265. The Bertz CT molecular complexity index is 1600. The third kappa shape index (κ3) is 7.34. The molecule has 3 N–H and O–H groups in total. The molecule has 4 aromatic rings. The molecular formula is C34H38N8O2. The highest BCUT2D eigenvalue weighted by Crippen LogP contribution is 2.29. The van der Waals surface area contributed by atoms with Crippen molar-refractivity contribution in [2.24, 2.45) is 0 Å². The van der Waals surface area contributed by atoms with Gasteiger partial charge in [-0.3, -0.25) is 4.79 Å². The quantitative estimate of drug-likeness (QED) is 0.223. The molecule has 2 saturated heterocycles. The zero-order valence-corrected chi connectivity index (χ0v) is 25.0. The highest BCUT2D eigenvalue weighted by molar-refractivity contribution is 5.99. The number of aromatic nitrogens is 2. The maximum absolute atomic E-state index is 11.9. The average molecular weight is 591 g/mol. The number of likely N-dealkylation sites (N-methyl/N-ethyl adjacent to an activating group) is 1. The van der Waals surface area contributed by atoms with E-state index in [1.807, 2.05) is 36.4 Å². The summed E-state index contributed by atoms with van der Waals surface area (Å²) in [7, 11) is 2.16. The standard InChI is InChI=1S/C34H38N8O2/c1-3-33(43)36-27-7-4-6-25(22-27)31-24-32(35-26-10-12-29(13-11-26)42-18-20-44-21-19-42)39-34(38-31)37-28-8-5-9-30(23-28)41-16-14-40(2)15-17-41/h3-13,22-24H,1,14-21H2,2H3,(H,36,43)(H2,35,37,38,39). The Hall–Kier alpha value is -4.93. The number of hydrogen-bond donors (Lipinski definition) is 3. The number of ether oxygens (including phenoxy) is 1. The molecule has 0 bridgehead atoms. The van der Waals surface area contributed by atoms with Crippen LogP contribution < -0.4 is 25.8 Å². The van der Waals surface area contributed by atoms with Gasteiger partial charge in [-0.05, 0) is 67.7 Å². The largest absolute Gasteiger partial charge is 0.378 e. The van der Waals surface area contributed by atoms with E-state index in [4.69, 9.17) is 14.7 Å². The molecule has 3 aromatic carbocycles. The molecule has 6 rings (SSSR count). The Morgan fingerprint density at radius 3 is 2.27 bits per heavy atom. The number of amides is 1. The first kappa shape index (κ1) is 29.2. The van der Waals surface area contributed by atoms with Gasteiger partial charge in [-0.1, -0.05) is 24.8 Å². The van der Waals surface area contributed by atoms with E-state index in [-0.39, 0.29) is 5.91 Å². The summed E-state index contributed by atoms with van der Waals surface area (Å²) in [5.74, 6) is 0.841. The van der Waals surface area contributed by atoms with Crippen LogP contribution >= 0.6 is 0 Å². The maximum Gasteiger partial charge on any atom is 0.247 e. The average Bonchev–Trinajstić information content (AvgIpc) is 3.06. The fourth-order valence-electron chi connectivity index (χ4n) is 5.36. The van der Waals surface area contributed by atoms with Crippen LogP contribution in [0, 0.1) is 0 Å². The van der Waals surface area contributed by atoms with Crippen LogP contribution in [0.15, 0.2) is 91.5 Å². The van der Waals surface area contributed by atoms with Gasteiger partial charge in [-0.2, -0.15) is 4.98 Å². The number of carbonyl (C=O) groups is 1. The maximum atomic E-state index is 11.9. The summed E-state index contributed by atoms with van der Waals surface area (Å²) in [5.41, 5.74) is 6.38. The van der Waals surface area contributed by atoms with Crippen LogP contribution in [-0.4, -0.2) is 80.3 Å². The summed E-state index contributed by atoms with van der Waals surface area (Å²) >= 11 is 0. The molecule has 0 atom stereocenters. The normalized spacial score (nSPS) is 15.5. The number of nitrogens with zero attached hydrogens (tertiary/aromatic N) is 5. The second-order valence-corrected chi connectivity index (χ2v) is 11.0. The topological polar surface area (TPSA) is 97.9 Å². The number of anilines is 7. The molecule has 2 fully saturated rings. The molecule has 1 amide bonds. The van der Waals surface area contributed by atoms with Gasteiger partial charge in [0.1, 0.15) is 5.82 Å². The van der Waals surface area contributed by atoms with Gasteiger partial charge in [-0.15, -0.1) is 0 Å². The van der Waals surface area contributed by atoms with Gasteiger partial charge < -0.3 is 35.4 Å². The Balaban J connectivity index is 1.28. The molecule has 1 aromatic heterocycles. The summed E-state index contributed by atoms with van der Waals surface area (Å²) < 4.78 is 5.50. The first-order valence-corrected chi connectivity index (χ1v) is 15.0. The van der Waals surface area contributed by atoms with Crippen LogP contribution in [0.5, 0.6) is 0 Å². The van der Waals surface area contributed by atoms with Crippen LogP contribution in [0.4, 0.5) is 40.2 Å². The predicted octanol–water partition coefficient (Wildman–Crippen LogP) is 5.34. The van der Waals surface area contributed by atoms with Crippen LogP contribution in [0.2, 0.25) is 0 Å². The molecule has 226 valence electrons. The third-order valence-corrected chi connectivity index (χ3v) is 7.82. The van der Waals surface area contributed by atoms with Crippen molar-refractivity contribution in [3.63, 3.8) is 0 Å². The van der Waals surface area contributed by atoms with E-state index in [1.54, 1.807) is 0 Å². The molecule has 0 aliphatic carbocycles. The highest BCUT2D eigenvalue weighted by atomic mass is 16.5. The minimum Gasteiger partial charge on any atom is -0.378 e. The lowest BCUT2D eigenvalue weighted by atomic mass is 10.1. The van der Waals surface area contributed by atoms with E-state index in [0.717, 1.165) is 69.4 Å². The minimum atomic E-state index is -0.268. The van der Waals surface area contributed by atoms with Gasteiger partial charge in [0.15, 0.2) is 0 Å². The van der Waals surface area contributed by atoms with E-state index in [1.165, 1.54) is 17.5 Å². The lowest BCUT2D eigenvalue weighted by molar-refractivity contribution is -0.111. The number of nitrogens with one attached hydrogen (secondary N) is 3. The van der Waals surface area contributed by atoms with Crippen LogP contribution in [-0.2, 0) is 9.53 Å². The van der Waals surface area contributed by atoms with E-state index in [0.29, 0.717) is 23.1 Å². The van der Waals surface area contributed by atoms with Gasteiger partial charge >= 0.3 is 0 Å². The van der Waals surface area contributed by atoms with Crippen molar-refractivity contribution in [3.8, 4) is 11.3 Å². The Kier molecular flexibility index (Phi) is 9.00. The molecule has 10 heteroatoms. The molecule has 0 unspecified atom stereocenters. The highest BCUT2D eigenvalue weighted by Gasteiger charge is 2.16. The van der Waals surface area contributed by atoms with E-state index in [2.05, 4.69) is 86.7 Å². The van der Waals surface area contributed by atoms with Crippen molar-refractivity contribution >= 4 is 46.1 Å². The second-order valence-electron chi connectivity index (χ2n) is 11.0. The molecule has 2 aliphatic rings. The van der Waals surface area contributed by atoms with Crippen molar-refractivity contribution in [2.75, 3.05) is 85.3 Å². The van der Waals surface area contributed by atoms with Crippen LogP contribution in [0.3, 0.4) is 0 Å². The SMILES string of the molecule is C=CC(=O)Nc1cccc(-c2cc(Nc3ccc(N4CCOCC4)cc3)nc(Nc3cccc(N4CCN(C)CC4)c3)n2)c1. The number of benzene rings is 3. The van der Waals surface area contributed by atoms with Crippen molar-refractivity contribution in [2.45, 2.75) is 0 Å². The van der Waals surface area contributed by atoms with Crippen molar-refractivity contribution < 1.29 is 9.53 Å². The van der Waals surface area contributed by atoms with Gasteiger partial charge in [0, 0.05) is 79.3 Å². The number of morpholine rings is 1.